The lowest BCUT2D eigenvalue weighted by Crippen LogP contribution is -2.43. The first-order valence-electron chi connectivity index (χ1n) is 12.4. The van der Waals surface area contributed by atoms with Crippen LogP contribution < -0.4 is 15.0 Å². The monoisotopic (exact) mass is 475 g/mol. The van der Waals surface area contributed by atoms with Gasteiger partial charge < -0.3 is 19.7 Å². The molecule has 2 fully saturated rings. The van der Waals surface area contributed by atoms with E-state index in [1.807, 2.05) is 6.07 Å². The van der Waals surface area contributed by atoms with E-state index in [9.17, 15) is 4.79 Å². The SMILES string of the molecule is Cc1cc(-c2cc3nccnc3c(OCC(C)C3CNC(=O)CC3C)n2)ccc1N1CCOCC1. The molecule has 35 heavy (non-hydrogen) atoms. The molecule has 1 amide bonds. The average molecular weight is 476 g/mol. The van der Waals surface area contributed by atoms with Gasteiger partial charge in [-0.15, -0.1) is 0 Å². The Balaban J connectivity index is 1.39. The Hall–Kier alpha value is -3.26. The van der Waals surface area contributed by atoms with Crippen LogP contribution in [0.15, 0.2) is 36.7 Å². The molecule has 4 heterocycles. The molecular formula is C27H33N5O3. The van der Waals surface area contributed by atoms with Crippen molar-refractivity contribution in [3.05, 3.63) is 42.2 Å². The quantitative estimate of drug-likeness (QED) is 0.582. The molecule has 2 aliphatic heterocycles. The second-order valence-electron chi connectivity index (χ2n) is 9.78. The van der Waals surface area contributed by atoms with Gasteiger partial charge in [0.15, 0.2) is 5.52 Å². The van der Waals surface area contributed by atoms with E-state index in [-0.39, 0.29) is 11.8 Å². The molecular weight excluding hydrogens is 442 g/mol. The van der Waals surface area contributed by atoms with Crippen molar-refractivity contribution in [2.75, 3.05) is 44.4 Å². The number of carbonyl (C=O) groups is 1. The van der Waals surface area contributed by atoms with Gasteiger partial charge in [0.2, 0.25) is 11.8 Å². The third-order valence-corrected chi connectivity index (χ3v) is 7.26. The van der Waals surface area contributed by atoms with Gasteiger partial charge in [-0.3, -0.25) is 9.78 Å². The van der Waals surface area contributed by atoms with Crippen LogP contribution in [0.25, 0.3) is 22.3 Å². The number of morpholine rings is 1. The lowest BCUT2D eigenvalue weighted by molar-refractivity contribution is -0.125. The maximum Gasteiger partial charge on any atom is 0.242 e. The van der Waals surface area contributed by atoms with Crippen molar-refractivity contribution >= 4 is 22.6 Å². The summed E-state index contributed by atoms with van der Waals surface area (Å²) in [7, 11) is 0. The maximum absolute atomic E-state index is 11.7. The van der Waals surface area contributed by atoms with Crippen LogP contribution in [0.2, 0.25) is 0 Å². The number of carbonyl (C=O) groups excluding carboxylic acids is 1. The van der Waals surface area contributed by atoms with Crippen LogP contribution in [0, 0.1) is 24.7 Å². The van der Waals surface area contributed by atoms with Crippen LogP contribution in [0.3, 0.4) is 0 Å². The summed E-state index contributed by atoms with van der Waals surface area (Å²) in [5, 5.41) is 2.99. The molecule has 8 nitrogen and oxygen atoms in total. The highest BCUT2D eigenvalue weighted by atomic mass is 16.5. The van der Waals surface area contributed by atoms with Gasteiger partial charge in [-0.05, 0) is 48.4 Å². The second kappa shape index (κ2) is 10.2. The van der Waals surface area contributed by atoms with Gasteiger partial charge >= 0.3 is 0 Å². The standard InChI is InChI=1S/C27H33N5O3/c1-17-13-25(33)30-15-21(17)19(3)16-35-27-26-23(28-6-7-29-26)14-22(31-27)20-4-5-24(18(2)12-20)32-8-10-34-11-9-32/h4-7,12,14,17,19,21H,8-11,13,15-16H2,1-3H3,(H,30,33). The van der Waals surface area contributed by atoms with Crippen LogP contribution in [0.5, 0.6) is 5.88 Å². The van der Waals surface area contributed by atoms with Crippen molar-refractivity contribution in [1.29, 1.82) is 0 Å². The molecule has 8 heteroatoms. The number of rotatable bonds is 6. The van der Waals surface area contributed by atoms with Crippen molar-refractivity contribution < 1.29 is 14.3 Å². The summed E-state index contributed by atoms with van der Waals surface area (Å²) in [6, 6.07) is 8.43. The van der Waals surface area contributed by atoms with Crippen molar-refractivity contribution in [2.45, 2.75) is 27.2 Å². The summed E-state index contributed by atoms with van der Waals surface area (Å²) in [5.74, 6) is 1.58. The Kier molecular flexibility index (Phi) is 6.81. The van der Waals surface area contributed by atoms with Crippen LogP contribution in [-0.2, 0) is 9.53 Å². The molecule has 2 aromatic heterocycles. The molecule has 1 N–H and O–H groups in total. The van der Waals surface area contributed by atoms with Gasteiger partial charge in [0.25, 0.3) is 0 Å². The number of nitrogens with zero attached hydrogens (tertiary/aromatic N) is 4. The minimum atomic E-state index is 0.132. The molecule has 3 atom stereocenters. The van der Waals surface area contributed by atoms with Gasteiger partial charge in [-0.1, -0.05) is 19.9 Å². The van der Waals surface area contributed by atoms with Crippen molar-refractivity contribution in [3.8, 4) is 17.1 Å². The topological polar surface area (TPSA) is 89.5 Å². The minimum absolute atomic E-state index is 0.132. The average Bonchev–Trinajstić information content (AvgIpc) is 2.87. The summed E-state index contributed by atoms with van der Waals surface area (Å²) in [6.07, 6.45) is 3.93. The molecule has 0 saturated carbocycles. The van der Waals surface area contributed by atoms with E-state index in [4.69, 9.17) is 14.5 Å². The number of pyridine rings is 1. The Morgan fingerprint density at radius 1 is 1.20 bits per heavy atom. The first kappa shape index (κ1) is 23.5. The second-order valence-corrected chi connectivity index (χ2v) is 9.78. The lowest BCUT2D eigenvalue weighted by Gasteiger charge is -2.33. The fourth-order valence-corrected chi connectivity index (χ4v) is 5.21. The zero-order valence-corrected chi connectivity index (χ0v) is 20.7. The number of piperidine rings is 1. The van der Waals surface area contributed by atoms with E-state index in [1.165, 1.54) is 11.3 Å². The molecule has 0 bridgehead atoms. The van der Waals surface area contributed by atoms with E-state index in [0.717, 1.165) is 43.1 Å². The normalized spacial score (nSPS) is 21.6. The number of hydrogen-bond acceptors (Lipinski definition) is 7. The first-order chi connectivity index (χ1) is 17.0. The van der Waals surface area contributed by atoms with Crippen LogP contribution in [0.4, 0.5) is 5.69 Å². The number of ether oxygens (including phenoxy) is 2. The molecule has 0 spiro atoms. The molecule has 0 aliphatic carbocycles. The van der Waals surface area contributed by atoms with Gasteiger partial charge in [0.05, 0.1) is 31.0 Å². The third kappa shape index (κ3) is 5.07. The molecule has 1 aromatic carbocycles. The van der Waals surface area contributed by atoms with Gasteiger partial charge in [-0.25, -0.2) is 9.97 Å². The third-order valence-electron chi connectivity index (χ3n) is 7.26. The minimum Gasteiger partial charge on any atom is -0.476 e. The number of aromatic nitrogens is 3. The Morgan fingerprint density at radius 2 is 2.00 bits per heavy atom. The predicted octanol–water partition coefficient (Wildman–Crippen LogP) is 3.62. The molecule has 3 aromatic rings. The highest BCUT2D eigenvalue weighted by molar-refractivity contribution is 5.83. The predicted molar refractivity (Wildman–Crippen MR) is 135 cm³/mol. The molecule has 0 radical (unpaired) electrons. The zero-order valence-electron chi connectivity index (χ0n) is 20.7. The Labute approximate surface area is 206 Å². The van der Waals surface area contributed by atoms with Gasteiger partial charge in [-0.2, -0.15) is 0 Å². The molecule has 3 unspecified atom stereocenters. The molecule has 5 rings (SSSR count). The Morgan fingerprint density at radius 3 is 2.77 bits per heavy atom. The van der Waals surface area contributed by atoms with E-state index >= 15 is 0 Å². The molecule has 184 valence electrons. The summed E-state index contributed by atoms with van der Waals surface area (Å²) in [6.45, 7) is 11.0. The first-order valence-corrected chi connectivity index (χ1v) is 12.4. The number of hydrogen-bond donors (Lipinski definition) is 1. The van der Waals surface area contributed by atoms with Crippen molar-refractivity contribution in [3.63, 3.8) is 0 Å². The molecule has 2 aliphatic rings. The van der Waals surface area contributed by atoms with Gasteiger partial charge in [0, 0.05) is 49.7 Å². The van der Waals surface area contributed by atoms with Crippen LogP contribution >= 0.6 is 0 Å². The maximum atomic E-state index is 11.7. The largest absolute Gasteiger partial charge is 0.476 e. The number of fused-ring (bicyclic) bond motifs is 1. The van der Waals surface area contributed by atoms with Gasteiger partial charge in [0.1, 0.15) is 0 Å². The number of nitrogens with one attached hydrogen (secondary N) is 1. The van der Waals surface area contributed by atoms with Crippen LogP contribution in [-0.4, -0.2) is 60.3 Å². The van der Waals surface area contributed by atoms with E-state index in [0.29, 0.717) is 42.8 Å². The number of anilines is 1. The highest BCUT2D eigenvalue weighted by Crippen LogP contribution is 2.32. The summed E-state index contributed by atoms with van der Waals surface area (Å²) in [5.41, 5.74) is 5.69. The zero-order chi connectivity index (χ0) is 24.4. The number of amides is 1. The highest BCUT2D eigenvalue weighted by Gasteiger charge is 2.30. The van der Waals surface area contributed by atoms with Crippen molar-refractivity contribution in [1.82, 2.24) is 20.3 Å². The fraction of sp³-hybridized carbons (Fsp3) is 0.481. The smallest absolute Gasteiger partial charge is 0.242 e. The van der Waals surface area contributed by atoms with E-state index < -0.39 is 0 Å². The fourth-order valence-electron chi connectivity index (χ4n) is 5.21. The Bertz CT molecular complexity index is 1210. The van der Waals surface area contributed by atoms with Crippen LogP contribution in [0.1, 0.15) is 25.8 Å². The number of aryl methyl sites for hydroxylation is 1. The van der Waals surface area contributed by atoms with E-state index in [2.05, 4.69) is 59.2 Å². The molecule has 2 saturated heterocycles. The summed E-state index contributed by atoms with van der Waals surface area (Å²) < 4.78 is 11.8. The van der Waals surface area contributed by atoms with Crippen molar-refractivity contribution in [2.24, 2.45) is 17.8 Å². The summed E-state index contributed by atoms with van der Waals surface area (Å²) in [4.78, 5) is 28.0. The summed E-state index contributed by atoms with van der Waals surface area (Å²) >= 11 is 0. The lowest BCUT2D eigenvalue weighted by atomic mass is 9.79. The number of benzene rings is 1. The van der Waals surface area contributed by atoms with E-state index in [1.54, 1.807) is 12.4 Å².